The number of nitrogens with one attached hydrogen (secondary N) is 1. The van der Waals surface area contributed by atoms with Gasteiger partial charge in [-0.25, -0.2) is 9.55 Å². The molecule has 1 aromatic heterocycles. The smallest absolute Gasteiger partial charge is 0.243 e. The molecule has 0 unspecified atom stereocenters. The Morgan fingerprint density at radius 1 is 1.64 bits per heavy atom. The van der Waals surface area contributed by atoms with Crippen LogP contribution >= 0.6 is 0 Å². The molecule has 1 aromatic rings. The fraction of sp³-hybridized carbons (Fsp3) is 0.625. The molecule has 0 radical (unpaired) electrons. The maximum absolute atomic E-state index is 5.51. The Kier molecular flexibility index (Phi) is 2.52. The second-order valence-corrected chi connectivity index (χ2v) is 3.28. The zero-order valence-electron chi connectivity index (χ0n) is 7.17. The first kappa shape index (κ1) is 8.11. The van der Waals surface area contributed by atoms with Crippen molar-refractivity contribution in [2.24, 2.45) is 5.92 Å². The van der Waals surface area contributed by atoms with Gasteiger partial charge in [0.05, 0.1) is 6.54 Å². The molecule has 0 aliphatic carbocycles. The van der Waals surface area contributed by atoms with Crippen LogP contribution in [-0.2, 0) is 6.54 Å². The maximum Gasteiger partial charge on any atom is 0.243 e. The Hall–Kier alpha value is -0.990. The van der Waals surface area contributed by atoms with E-state index in [0.29, 0.717) is 0 Å². The summed E-state index contributed by atoms with van der Waals surface area (Å²) in [4.78, 5) is 2.93. The van der Waals surface area contributed by atoms with E-state index in [1.54, 1.807) is 0 Å². The number of aryl methyl sites for hydroxylation is 1. The van der Waals surface area contributed by atoms with Crippen LogP contribution in [0.4, 0.5) is 5.82 Å². The topological polar surface area (TPSA) is 45.7 Å². The predicted octanol–water partition coefficient (Wildman–Crippen LogP) is 0.931. The molecule has 0 amide bonds. The van der Waals surface area contributed by atoms with E-state index in [1.807, 2.05) is 12.5 Å². The van der Waals surface area contributed by atoms with Gasteiger partial charge in [-0.2, -0.15) is 0 Å². The van der Waals surface area contributed by atoms with Crippen LogP contribution in [0.1, 0.15) is 20.3 Å². The van der Waals surface area contributed by atoms with Crippen molar-refractivity contribution in [1.82, 2.24) is 4.98 Å². The number of anilines is 1. The van der Waals surface area contributed by atoms with Crippen LogP contribution in [0.15, 0.2) is 12.5 Å². The lowest BCUT2D eigenvalue weighted by Gasteiger charge is -1.99. The Morgan fingerprint density at radius 2 is 2.36 bits per heavy atom. The average Bonchev–Trinajstić information content (AvgIpc) is 2.31. The molecule has 11 heavy (non-hydrogen) atoms. The van der Waals surface area contributed by atoms with E-state index in [4.69, 9.17) is 5.73 Å². The van der Waals surface area contributed by atoms with Crippen LogP contribution in [0.3, 0.4) is 0 Å². The minimum absolute atomic E-state index is 0.730. The highest BCUT2D eigenvalue weighted by Gasteiger charge is 2.01. The van der Waals surface area contributed by atoms with Crippen LogP contribution in [-0.4, -0.2) is 4.98 Å². The molecule has 1 heterocycles. The van der Waals surface area contributed by atoms with Gasteiger partial charge in [0.1, 0.15) is 0 Å². The summed E-state index contributed by atoms with van der Waals surface area (Å²) in [6.07, 6.45) is 5.02. The van der Waals surface area contributed by atoms with E-state index < -0.39 is 0 Å². The van der Waals surface area contributed by atoms with Gasteiger partial charge in [0.15, 0.2) is 6.20 Å². The van der Waals surface area contributed by atoms with Crippen molar-refractivity contribution in [3.05, 3.63) is 12.5 Å². The number of hydrogen-bond donors (Lipinski definition) is 2. The highest BCUT2D eigenvalue weighted by Crippen LogP contribution is 1.98. The largest absolute Gasteiger partial charge is 0.363 e. The highest BCUT2D eigenvalue weighted by molar-refractivity contribution is 5.17. The summed E-state index contributed by atoms with van der Waals surface area (Å²) in [7, 11) is 0. The third-order valence-corrected chi connectivity index (χ3v) is 1.67. The molecule has 0 aliphatic rings. The molecule has 0 saturated heterocycles. The van der Waals surface area contributed by atoms with E-state index in [-0.39, 0.29) is 0 Å². The number of aromatic amines is 1. The summed E-state index contributed by atoms with van der Waals surface area (Å²) >= 11 is 0. The van der Waals surface area contributed by atoms with Crippen LogP contribution in [0, 0.1) is 5.92 Å². The lowest BCUT2D eigenvalue weighted by molar-refractivity contribution is -0.696. The maximum atomic E-state index is 5.51. The van der Waals surface area contributed by atoms with Crippen molar-refractivity contribution in [3.63, 3.8) is 0 Å². The fourth-order valence-corrected chi connectivity index (χ4v) is 0.947. The van der Waals surface area contributed by atoms with Crippen molar-refractivity contribution in [2.45, 2.75) is 26.8 Å². The molecule has 0 saturated carbocycles. The van der Waals surface area contributed by atoms with E-state index in [2.05, 4.69) is 23.4 Å². The molecule has 3 heteroatoms. The van der Waals surface area contributed by atoms with E-state index in [9.17, 15) is 0 Å². The van der Waals surface area contributed by atoms with Crippen molar-refractivity contribution in [3.8, 4) is 0 Å². The lowest BCUT2D eigenvalue weighted by Crippen LogP contribution is -2.31. The molecule has 0 bridgehead atoms. The number of imidazole rings is 1. The number of H-pyrrole nitrogens is 1. The average molecular weight is 154 g/mol. The molecular formula is C8H16N3+. The first-order valence-electron chi connectivity index (χ1n) is 4.01. The van der Waals surface area contributed by atoms with Crippen molar-refractivity contribution in [2.75, 3.05) is 5.73 Å². The summed E-state index contributed by atoms with van der Waals surface area (Å²) in [6.45, 7) is 5.48. The SMILES string of the molecule is CC(C)CC[n+]1c[nH]c(N)c1. The Labute approximate surface area is 67.2 Å². The van der Waals surface area contributed by atoms with Gasteiger partial charge in [0, 0.05) is 0 Å². The minimum Gasteiger partial charge on any atom is -0.363 e. The van der Waals surface area contributed by atoms with Crippen LogP contribution in [0.5, 0.6) is 0 Å². The summed E-state index contributed by atoms with van der Waals surface area (Å²) in [5.41, 5.74) is 5.51. The Morgan fingerprint density at radius 3 is 2.82 bits per heavy atom. The Balaban J connectivity index is 2.39. The van der Waals surface area contributed by atoms with Gasteiger partial charge in [0.2, 0.25) is 12.1 Å². The Bertz CT molecular complexity index is 215. The molecule has 1 rings (SSSR count). The molecule has 3 nitrogen and oxygen atoms in total. The van der Waals surface area contributed by atoms with Gasteiger partial charge >= 0.3 is 0 Å². The molecule has 0 aliphatic heterocycles. The van der Waals surface area contributed by atoms with Gasteiger partial charge < -0.3 is 5.73 Å². The summed E-state index contributed by atoms with van der Waals surface area (Å²) < 4.78 is 2.08. The normalized spacial score (nSPS) is 10.8. The first-order valence-corrected chi connectivity index (χ1v) is 4.01. The second-order valence-electron chi connectivity index (χ2n) is 3.28. The first-order chi connectivity index (χ1) is 5.18. The summed E-state index contributed by atoms with van der Waals surface area (Å²) in [6, 6.07) is 0. The molecular weight excluding hydrogens is 138 g/mol. The number of rotatable bonds is 3. The fourth-order valence-electron chi connectivity index (χ4n) is 0.947. The minimum atomic E-state index is 0.730. The van der Waals surface area contributed by atoms with Gasteiger partial charge in [-0.3, -0.25) is 0 Å². The number of nitrogens with two attached hydrogens (primary N) is 1. The van der Waals surface area contributed by atoms with Crippen molar-refractivity contribution in [1.29, 1.82) is 0 Å². The zero-order valence-corrected chi connectivity index (χ0v) is 7.17. The van der Waals surface area contributed by atoms with Crippen molar-refractivity contribution >= 4 is 5.82 Å². The number of hydrogen-bond acceptors (Lipinski definition) is 1. The number of aromatic nitrogens is 2. The van der Waals surface area contributed by atoms with E-state index in [1.165, 1.54) is 6.42 Å². The van der Waals surface area contributed by atoms with Gasteiger partial charge in [0.25, 0.3) is 0 Å². The third-order valence-electron chi connectivity index (χ3n) is 1.67. The molecule has 0 spiro atoms. The van der Waals surface area contributed by atoms with Gasteiger partial charge in [-0.1, -0.05) is 13.8 Å². The summed E-state index contributed by atoms with van der Waals surface area (Å²) in [5.74, 6) is 1.48. The van der Waals surface area contributed by atoms with E-state index in [0.717, 1.165) is 18.3 Å². The quantitative estimate of drug-likeness (QED) is 0.625. The van der Waals surface area contributed by atoms with E-state index >= 15 is 0 Å². The molecule has 0 fully saturated rings. The molecule has 0 atom stereocenters. The zero-order chi connectivity index (χ0) is 8.27. The number of nitrogens with zero attached hydrogens (tertiary/aromatic N) is 1. The van der Waals surface area contributed by atoms with Gasteiger partial charge in [-0.05, 0) is 12.3 Å². The van der Waals surface area contributed by atoms with Gasteiger partial charge in [-0.15, -0.1) is 0 Å². The van der Waals surface area contributed by atoms with Crippen LogP contribution in [0.2, 0.25) is 0 Å². The third kappa shape index (κ3) is 2.62. The predicted molar refractivity (Wildman–Crippen MR) is 44.9 cm³/mol. The highest BCUT2D eigenvalue weighted by atomic mass is 15.1. The number of nitrogen functional groups attached to an aromatic ring is 1. The van der Waals surface area contributed by atoms with Crippen LogP contribution < -0.4 is 10.3 Å². The van der Waals surface area contributed by atoms with Crippen molar-refractivity contribution < 1.29 is 4.57 Å². The van der Waals surface area contributed by atoms with Crippen LogP contribution in [0.25, 0.3) is 0 Å². The monoisotopic (exact) mass is 154 g/mol. The molecule has 0 aromatic carbocycles. The molecule has 62 valence electrons. The second kappa shape index (κ2) is 3.42. The summed E-state index contributed by atoms with van der Waals surface area (Å²) in [5, 5.41) is 0. The lowest BCUT2D eigenvalue weighted by atomic mass is 10.1. The molecule has 3 N–H and O–H groups in total. The standard InChI is InChI=1S/C8H15N3/c1-7(2)3-4-11-5-8(9)10-6-11/h5-7H,3-4,9H2,1-2H3/p+1.